The minimum atomic E-state index is -0.0137. The molecule has 0 saturated carbocycles. The minimum Gasteiger partial charge on any atom is -0.394 e. The lowest BCUT2D eigenvalue weighted by molar-refractivity contribution is 0.243. The number of benzene rings is 2. The van der Waals surface area contributed by atoms with Crippen molar-refractivity contribution in [1.82, 2.24) is 5.32 Å². The smallest absolute Gasteiger partial charge is 0.0626 e. The third-order valence-electron chi connectivity index (χ3n) is 3.55. The maximum atomic E-state index is 9.53. The molecule has 0 aliphatic rings. The first-order valence-corrected chi connectivity index (χ1v) is 6.66. The van der Waals surface area contributed by atoms with E-state index in [2.05, 4.69) is 37.4 Å². The van der Waals surface area contributed by atoms with Gasteiger partial charge >= 0.3 is 0 Å². The Morgan fingerprint density at radius 1 is 0.947 bits per heavy atom. The number of aliphatic hydroxyl groups excluding tert-OH is 1. The van der Waals surface area contributed by atoms with Gasteiger partial charge in [-0.25, -0.2) is 0 Å². The summed E-state index contributed by atoms with van der Waals surface area (Å²) in [7, 11) is 0. The summed E-state index contributed by atoms with van der Waals surface area (Å²) in [6.07, 6.45) is 0. The molecule has 0 saturated heterocycles. The van der Waals surface area contributed by atoms with Crippen LogP contribution in [0.2, 0.25) is 0 Å². The summed E-state index contributed by atoms with van der Waals surface area (Å²) in [5.74, 6) is 0. The van der Waals surface area contributed by atoms with Gasteiger partial charge in [0.2, 0.25) is 0 Å². The van der Waals surface area contributed by atoms with Crippen LogP contribution >= 0.6 is 0 Å². The Morgan fingerprint density at radius 2 is 1.58 bits per heavy atom. The molecule has 2 N–H and O–H groups in total. The van der Waals surface area contributed by atoms with Crippen molar-refractivity contribution in [3.63, 3.8) is 0 Å². The number of aryl methyl sites for hydroxylation is 2. The molecule has 2 nitrogen and oxygen atoms in total. The van der Waals surface area contributed by atoms with E-state index in [4.69, 9.17) is 0 Å². The summed E-state index contributed by atoms with van der Waals surface area (Å²) >= 11 is 0. The molecule has 0 bridgehead atoms. The molecule has 0 aliphatic heterocycles. The summed E-state index contributed by atoms with van der Waals surface area (Å²) < 4.78 is 0. The molecule has 1 atom stereocenters. The highest BCUT2D eigenvalue weighted by atomic mass is 16.3. The monoisotopic (exact) mass is 255 g/mol. The van der Waals surface area contributed by atoms with Gasteiger partial charge in [-0.15, -0.1) is 0 Å². The van der Waals surface area contributed by atoms with Gasteiger partial charge in [0, 0.05) is 6.54 Å². The van der Waals surface area contributed by atoms with Gasteiger partial charge in [-0.1, -0.05) is 48.5 Å². The van der Waals surface area contributed by atoms with Gasteiger partial charge < -0.3 is 10.4 Å². The van der Waals surface area contributed by atoms with Crippen LogP contribution in [-0.4, -0.2) is 11.7 Å². The molecule has 2 aromatic carbocycles. The largest absolute Gasteiger partial charge is 0.394 e. The SMILES string of the molecule is Cc1cccc(C)c1CN[C@@H](CO)c1ccccc1. The summed E-state index contributed by atoms with van der Waals surface area (Å²) in [5, 5.41) is 13.0. The van der Waals surface area contributed by atoms with Crippen molar-refractivity contribution in [2.24, 2.45) is 0 Å². The highest BCUT2D eigenvalue weighted by Gasteiger charge is 2.10. The molecule has 0 amide bonds. The lowest BCUT2D eigenvalue weighted by Crippen LogP contribution is -2.24. The van der Waals surface area contributed by atoms with Gasteiger partial charge in [-0.05, 0) is 36.1 Å². The molecule has 100 valence electrons. The topological polar surface area (TPSA) is 32.3 Å². The Labute approximate surface area is 115 Å². The van der Waals surface area contributed by atoms with Crippen LogP contribution in [0.4, 0.5) is 0 Å². The van der Waals surface area contributed by atoms with Gasteiger partial charge in [0.1, 0.15) is 0 Å². The molecule has 19 heavy (non-hydrogen) atoms. The third kappa shape index (κ3) is 3.43. The summed E-state index contributed by atoms with van der Waals surface area (Å²) in [6.45, 7) is 5.13. The van der Waals surface area contributed by atoms with Crippen LogP contribution in [0.3, 0.4) is 0 Å². The quantitative estimate of drug-likeness (QED) is 0.860. The number of rotatable bonds is 5. The molecule has 0 unspecified atom stereocenters. The van der Waals surface area contributed by atoms with Crippen molar-refractivity contribution in [2.45, 2.75) is 26.4 Å². The van der Waals surface area contributed by atoms with E-state index >= 15 is 0 Å². The number of hydrogen-bond donors (Lipinski definition) is 2. The highest BCUT2D eigenvalue weighted by molar-refractivity contribution is 5.33. The molecule has 2 heteroatoms. The summed E-state index contributed by atoms with van der Waals surface area (Å²) in [4.78, 5) is 0. The minimum absolute atomic E-state index is 0.0137. The highest BCUT2D eigenvalue weighted by Crippen LogP contribution is 2.16. The Kier molecular flexibility index (Phi) is 4.72. The van der Waals surface area contributed by atoms with E-state index in [1.165, 1.54) is 16.7 Å². The molecule has 0 radical (unpaired) electrons. The van der Waals surface area contributed by atoms with Crippen molar-refractivity contribution >= 4 is 0 Å². The average molecular weight is 255 g/mol. The Bertz CT molecular complexity index is 502. The van der Waals surface area contributed by atoms with Crippen LogP contribution in [0, 0.1) is 13.8 Å². The number of nitrogens with one attached hydrogen (secondary N) is 1. The molecule has 0 aliphatic carbocycles. The first-order valence-electron chi connectivity index (χ1n) is 6.66. The summed E-state index contributed by atoms with van der Waals surface area (Å²) in [5.41, 5.74) is 5.02. The van der Waals surface area contributed by atoms with Gasteiger partial charge in [-0.3, -0.25) is 0 Å². The van der Waals surface area contributed by atoms with Gasteiger partial charge in [0.05, 0.1) is 12.6 Å². The molecule has 0 heterocycles. The van der Waals surface area contributed by atoms with E-state index in [1.807, 2.05) is 30.3 Å². The zero-order valence-corrected chi connectivity index (χ0v) is 11.6. The Balaban J connectivity index is 2.09. The number of aliphatic hydroxyl groups is 1. The molecule has 2 rings (SSSR count). The zero-order chi connectivity index (χ0) is 13.7. The third-order valence-corrected chi connectivity index (χ3v) is 3.55. The predicted octanol–water partition coefficient (Wildman–Crippen LogP) is 3.13. The van der Waals surface area contributed by atoms with E-state index in [1.54, 1.807) is 0 Å². The Hall–Kier alpha value is -1.64. The fourth-order valence-corrected chi connectivity index (χ4v) is 2.33. The van der Waals surface area contributed by atoms with Crippen molar-refractivity contribution < 1.29 is 5.11 Å². The first-order chi connectivity index (χ1) is 9.22. The van der Waals surface area contributed by atoms with E-state index in [9.17, 15) is 5.11 Å². The standard InChI is InChI=1S/C17H21NO/c1-13-7-6-8-14(2)16(13)11-18-17(12-19)15-9-4-3-5-10-15/h3-10,17-19H,11-12H2,1-2H3/t17-/m0/s1. The number of hydrogen-bond acceptors (Lipinski definition) is 2. The second-order valence-corrected chi connectivity index (χ2v) is 4.90. The van der Waals surface area contributed by atoms with Crippen LogP contribution in [0.15, 0.2) is 48.5 Å². The fourth-order valence-electron chi connectivity index (χ4n) is 2.33. The maximum absolute atomic E-state index is 9.53. The fraction of sp³-hybridized carbons (Fsp3) is 0.294. The predicted molar refractivity (Wildman–Crippen MR) is 79.0 cm³/mol. The van der Waals surface area contributed by atoms with Crippen LogP contribution in [0.25, 0.3) is 0 Å². The van der Waals surface area contributed by atoms with E-state index in [0.717, 1.165) is 12.1 Å². The first kappa shape index (κ1) is 13.8. The molecular weight excluding hydrogens is 234 g/mol. The van der Waals surface area contributed by atoms with Crippen molar-refractivity contribution in [3.05, 3.63) is 70.8 Å². The molecule has 2 aromatic rings. The van der Waals surface area contributed by atoms with E-state index in [0.29, 0.717) is 0 Å². The van der Waals surface area contributed by atoms with Crippen molar-refractivity contribution in [2.75, 3.05) is 6.61 Å². The van der Waals surface area contributed by atoms with Gasteiger partial charge in [0.15, 0.2) is 0 Å². The molecular formula is C17H21NO. The van der Waals surface area contributed by atoms with Crippen LogP contribution in [0.5, 0.6) is 0 Å². The lowest BCUT2D eigenvalue weighted by Gasteiger charge is -2.18. The van der Waals surface area contributed by atoms with Gasteiger partial charge in [-0.2, -0.15) is 0 Å². The van der Waals surface area contributed by atoms with E-state index < -0.39 is 0 Å². The van der Waals surface area contributed by atoms with Crippen molar-refractivity contribution in [1.29, 1.82) is 0 Å². The Morgan fingerprint density at radius 3 is 2.16 bits per heavy atom. The molecule has 0 fully saturated rings. The van der Waals surface area contributed by atoms with Crippen LogP contribution < -0.4 is 5.32 Å². The van der Waals surface area contributed by atoms with Crippen molar-refractivity contribution in [3.8, 4) is 0 Å². The molecule has 0 spiro atoms. The van der Waals surface area contributed by atoms with E-state index in [-0.39, 0.29) is 12.6 Å². The van der Waals surface area contributed by atoms with Crippen LogP contribution in [-0.2, 0) is 6.54 Å². The van der Waals surface area contributed by atoms with Gasteiger partial charge in [0.25, 0.3) is 0 Å². The normalized spacial score (nSPS) is 12.4. The summed E-state index contributed by atoms with van der Waals surface area (Å²) in [6, 6.07) is 16.4. The molecule has 0 aromatic heterocycles. The second kappa shape index (κ2) is 6.50. The zero-order valence-electron chi connectivity index (χ0n) is 11.6. The maximum Gasteiger partial charge on any atom is 0.0626 e. The van der Waals surface area contributed by atoms with Crippen LogP contribution in [0.1, 0.15) is 28.3 Å². The lowest BCUT2D eigenvalue weighted by atomic mass is 10.0. The average Bonchev–Trinajstić information content (AvgIpc) is 2.43. The second-order valence-electron chi connectivity index (χ2n) is 4.90.